The van der Waals surface area contributed by atoms with E-state index in [1.165, 1.54) is 16.5 Å². The van der Waals surface area contributed by atoms with Crippen LogP contribution in [-0.4, -0.2) is 23.3 Å². The number of rotatable bonds is 3. The summed E-state index contributed by atoms with van der Waals surface area (Å²) in [4.78, 5) is 4.12. The molecule has 74 valence electrons. The van der Waals surface area contributed by atoms with E-state index in [0.29, 0.717) is 0 Å². The lowest BCUT2D eigenvalue weighted by atomic mass is 10.2. The van der Waals surface area contributed by atoms with Gasteiger partial charge in [-0.2, -0.15) is 0 Å². The molecule has 2 rings (SSSR count). The second kappa shape index (κ2) is 3.80. The van der Waals surface area contributed by atoms with E-state index in [1.54, 1.807) is 7.11 Å². The number of pyridine rings is 1. The smallest absolute Gasteiger partial charge is 0.0641 e. The fourth-order valence-corrected chi connectivity index (χ4v) is 1.69. The number of methoxy groups -OCH3 is 1. The third kappa shape index (κ3) is 1.51. The Balaban J connectivity index is 2.44. The fourth-order valence-electron chi connectivity index (χ4n) is 1.69. The van der Waals surface area contributed by atoms with E-state index in [9.17, 15) is 0 Å². The molecule has 0 aliphatic carbocycles. The maximum Gasteiger partial charge on any atom is 0.0641 e. The van der Waals surface area contributed by atoms with Crippen LogP contribution in [0.1, 0.15) is 5.56 Å². The molecule has 0 N–H and O–H groups in total. The second-order valence-corrected chi connectivity index (χ2v) is 3.39. The molecule has 14 heavy (non-hydrogen) atoms. The zero-order valence-electron chi connectivity index (χ0n) is 8.53. The molecule has 2 aromatic heterocycles. The summed E-state index contributed by atoms with van der Waals surface area (Å²) in [7, 11) is 1.72. The molecule has 0 saturated heterocycles. The van der Waals surface area contributed by atoms with Gasteiger partial charge in [-0.1, -0.05) is 0 Å². The monoisotopic (exact) mass is 190 g/mol. The molecule has 0 aromatic carbocycles. The predicted octanol–water partition coefficient (Wildman–Crippen LogP) is 1.99. The molecule has 0 saturated carbocycles. The van der Waals surface area contributed by atoms with Crippen molar-refractivity contribution < 1.29 is 4.74 Å². The van der Waals surface area contributed by atoms with Crippen LogP contribution in [0, 0.1) is 6.92 Å². The first kappa shape index (κ1) is 9.21. The molecule has 0 aliphatic heterocycles. The Morgan fingerprint density at radius 1 is 1.50 bits per heavy atom. The molecule has 2 heterocycles. The van der Waals surface area contributed by atoms with Crippen molar-refractivity contribution >= 4 is 10.9 Å². The summed E-state index contributed by atoms with van der Waals surface area (Å²) < 4.78 is 7.27. The molecule has 3 heteroatoms. The lowest BCUT2D eigenvalue weighted by Crippen LogP contribution is -2.02. The van der Waals surface area contributed by atoms with E-state index in [0.717, 1.165) is 13.2 Å². The Labute approximate surface area is 83.3 Å². The Morgan fingerprint density at radius 2 is 2.36 bits per heavy atom. The van der Waals surface area contributed by atoms with Gasteiger partial charge in [0.15, 0.2) is 0 Å². The van der Waals surface area contributed by atoms with E-state index in [1.807, 2.05) is 18.5 Å². The Hall–Kier alpha value is -1.35. The van der Waals surface area contributed by atoms with Gasteiger partial charge < -0.3 is 9.30 Å². The Morgan fingerprint density at radius 3 is 3.14 bits per heavy atom. The number of ether oxygens (including phenoxy) is 1. The topological polar surface area (TPSA) is 27.1 Å². The minimum Gasteiger partial charge on any atom is -0.383 e. The number of hydrogen-bond acceptors (Lipinski definition) is 2. The number of fused-ring (bicyclic) bond motifs is 1. The van der Waals surface area contributed by atoms with Gasteiger partial charge in [0.25, 0.3) is 0 Å². The van der Waals surface area contributed by atoms with Crippen LogP contribution in [0.3, 0.4) is 0 Å². The highest BCUT2D eigenvalue weighted by molar-refractivity contribution is 5.82. The molecule has 0 atom stereocenters. The van der Waals surface area contributed by atoms with Crippen LogP contribution < -0.4 is 0 Å². The average molecular weight is 190 g/mol. The van der Waals surface area contributed by atoms with E-state index < -0.39 is 0 Å². The Kier molecular flexibility index (Phi) is 2.50. The molecule has 0 fully saturated rings. The fraction of sp³-hybridized carbons (Fsp3) is 0.364. The molecule has 0 bridgehead atoms. The van der Waals surface area contributed by atoms with E-state index >= 15 is 0 Å². The molecular weight excluding hydrogens is 176 g/mol. The third-order valence-electron chi connectivity index (χ3n) is 2.42. The summed E-state index contributed by atoms with van der Waals surface area (Å²) >= 11 is 0. The van der Waals surface area contributed by atoms with Crippen LogP contribution in [0.15, 0.2) is 24.7 Å². The van der Waals surface area contributed by atoms with Crippen LogP contribution in [0.5, 0.6) is 0 Å². The molecule has 0 spiro atoms. The second-order valence-electron chi connectivity index (χ2n) is 3.39. The summed E-state index contributed by atoms with van der Waals surface area (Å²) in [6.45, 7) is 3.74. The van der Waals surface area contributed by atoms with Crippen molar-refractivity contribution in [3.05, 3.63) is 30.2 Å². The summed E-state index contributed by atoms with van der Waals surface area (Å²) in [5.41, 5.74) is 2.50. The number of nitrogens with zero attached hydrogens (tertiary/aromatic N) is 2. The van der Waals surface area contributed by atoms with Crippen LogP contribution in [0.2, 0.25) is 0 Å². The van der Waals surface area contributed by atoms with Gasteiger partial charge >= 0.3 is 0 Å². The number of aryl methyl sites for hydroxylation is 1. The lowest BCUT2D eigenvalue weighted by molar-refractivity contribution is 0.188. The van der Waals surface area contributed by atoms with Crippen LogP contribution in [0.4, 0.5) is 0 Å². The Bertz CT molecular complexity index is 434. The maximum atomic E-state index is 5.07. The standard InChI is InChI=1S/C11H14N2O/c1-9-8-13(5-6-14-2)11-3-4-12-7-10(9)11/h3-4,7-8H,5-6H2,1-2H3. The molecule has 0 amide bonds. The molecule has 2 aromatic rings. The van der Waals surface area contributed by atoms with Gasteiger partial charge in [-0.3, -0.25) is 4.98 Å². The van der Waals surface area contributed by atoms with Gasteiger partial charge in [-0.15, -0.1) is 0 Å². The highest BCUT2D eigenvalue weighted by Gasteiger charge is 2.03. The minimum absolute atomic E-state index is 0.742. The largest absolute Gasteiger partial charge is 0.383 e. The van der Waals surface area contributed by atoms with Crippen LogP contribution >= 0.6 is 0 Å². The van der Waals surface area contributed by atoms with Gasteiger partial charge in [0.2, 0.25) is 0 Å². The molecule has 3 nitrogen and oxygen atoms in total. The molecule has 0 radical (unpaired) electrons. The van der Waals surface area contributed by atoms with Crippen molar-refractivity contribution in [2.75, 3.05) is 13.7 Å². The van der Waals surface area contributed by atoms with E-state index in [2.05, 4.69) is 22.7 Å². The highest BCUT2D eigenvalue weighted by atomic mass is 16.5. The first-order chi connectivity index (χ1) is 6.83. The molecule has 0 aliphatic rings. The highest BCUT2D eigenvalue weighted by Crippen LogP contribution is 2.18. The molecule has 0 unspecified atom stereocenters. The van der Waals surface area contributed by atoms with Crippen molar-refractivity contribution in [1.29, 1.82) is 0 Å². The third-order valence-corrected chi connectivity index (χ3v) is 2.42. The van der Waals surface area contributed by atoms with Crippen molar-refractivity contribution in [1.82, 2.24) is 9.55 Å². The van der Waals surface area contributed by atoms with Crippen molar-refractivity contribution in [2.24, 2.45) is 0 Å². The minimum atomic E-state index is 0.742. The van der Waals surface area contributed by atoms with Gasteiger partial charge in [0.1, 0.15) is 0 Å². The zero-order valence-corrected chi connectivity index (χ0v) is 8.53. The summed E-state index contributed by atoms with van der Waals surface area (Å²) in [5, 5.41) is 1.23. The lowest BCUT2D eigenvalue weighted by Gasteiger charge is -2.03. The van der Waals surface area contributed by atoms with Crippen molar-refractivity contribution in [3.8, 4) is 0 Å². The summed E-state index contributed by atoms with van der Waals surface area (Å²) in [6.07, 6.45) is 5.88. The summed E-state index contributed by atoms with van der Waals surface area (Å²) in [6, 6.07) is 2.04. The normalized spacial score (nSPS) is 11.0. The predicted molar refractivity (Wildman–Crippen MR) is 56.3 cm³/mol. The van der Waals surface area contributed by atoms with Gasteiger partial charge in [0, 0.05) is 37.6 Å². The van der Waals surface area contributed by atoms with E-state index in [4.69, 9.17) is 4.74 Å². The first-order valence-electron chi connectivity index (χ1n) is 4.71. The zero-order chi connectivity index (χ0) is 9.97. The average Bonchev–Trinajstić information content (AvgIpc) is 2.54. The van der Waals surface area contributed by atoms with Gasteiger partial charge in [-0.25, -0.2) is 0 Å². The maximum absolute atomic E-state index is 5.07. The van der Waals surface area contributed by atoms with Gasteiger partial charge in [-0.05, 0) is 18.6 Å². The summed E-state index contributed by atoms with van der Waals surface area (Å²) in [5.74, 6) is 0. The van der Waals surface area contributed by atoms with E-state index in [-0.39, 0.29) is 0 Å². The number of hydrogen-bond donors (Lipinski definition) is 0. The molecular formula is C11H14N2O. The SMILES string of the molecule is COCCn1cc(C)c2cnccc21. The first-order valence-corrected chi connectivity index (χ1v) is 4.71. The van der Waals surface area contributed by atoms with Crippen molar-refractivity contribution in [2.45, 2.75) is 13.5 Å². The van der Waals surface area contributed by atoms with Crippen LogP contribution in [0.25, 0.3) is 10.9 Å². The number of aromatic nitrogens is 2. The van der Waals surface area contributed by atoms with Crippen LogP contribution in [-0.2, 0) is 11.3 Å². The quantitative estimate of drug-likeness (QED) is 0.740. The van der Waals surface area contributed by atoms with Crippen molar-refractivity contribution in [3.63, 3.8) is 0 Å². The van der Waals surface area contributed by atoms with Gasteiger partial charge in [0.05, 0.1) is 12.1 Å².